The number of nitrogens with zero attached hydrogens (tertiary/aromatic N) is 1. The quantitative estimate of drug-likeness (QED) is 0.679. The monoisotopic (exact) mass is 301 g/mol. The van der Waals surface area contributed by atoms with Gasteiger partial charge in [-0.15, -0.1) is 13.2 Å². The molecule has 0 aliphatic rings. The van der Waals surface area contributed by atoms with Crippen LogP contribution >= 0.6 is 0 Å². The van der Waals surface area contributed by atoms with Crippen LogP contribution in [-0.2, 0) is 16.0 Å². The van der Waals surface area contributed by atoms with Crippen molar-refractivity contribution in [2.45, 2.75) is 12.8 Å². The van der Waals surface area contributed by atoms with Gasteiger partial charge in [0.1, 0.15) is 11.5 Å². The fraction of sp³-hybridized carbons (Fsp3) is 0.231. The summed E-state index contributed by atoms with van der Waals surface area (Å²) in [4.78, 5) is 14.0. The van der Waals surface area contributed by atoms with Crippen molar-refractivity contribution in [1.82, 2.24) is 4.98 Å². The van der Waals surface area contributed by atoms with Crippen LogP contribution in [0.25, 0.3) is 10.9 Å². The van der Waals surface area contributed by atoms with Crippen LogP contribution < -0.4 is 4.74 Å². The lowest BCUT2D eigenvalue weighted by Gasteiger charge is -2.11. The van der Waals surface area contributed by atoms with E-state index in [1.807, 2.05) is 0 Å². The number of alkyl halides is 3. The lowest BCUT2D eigenvalue weighted by molar-refractivity contribution is -0.274. The van der Waals surface area contributed by atoms with Crippen LogP contribution in [0.1, 0.15) is 5.56 Å². The van der Waals surface area contributed by atoms with Crippen LogP contribution in [0.2, 0.25) is 0 Å². The number of carbonyl (C=O) groups excluding carboxylic acids is 1. The summed E-state index contributed by atoms with van der Waals surface area (Å²) >= 11 is 0. The first-order chi connectivity index (χ1) is 9.90. The van der Waals surface area contributed by atoms with Gasteiger partial charge in [0.25, 0.3) is 6.47 Å². The Morgan fingerprint density at radius 3 is 2.76 bits per heavy atom. The molecule has 0 spiro atoms. The third kappa shape index (κ3) is 3.74. The summed E-state index contributed by atoms with van der Waals surface area (Å²) in [6.07, 6.45) is -3.24. The molecule has 2 aromatic rings. The van der Waals surface area contributed by atoms with Gasteiger partial charge in [-0.05, 0) is 12.1 Å². The van der Waals surface area contributed by atoms with Crippen LogP contribution in [0.15, 0.2) is 24.4 Å². The third-order valence-corrected chi connectivity index (χ3v) is 2.68. The average Bonchev–Trinajstić information content (AvgIpc) is 2.40. The van der Waals surface area contributed by atoms with E-state index in [4.69, 9.17) is 0 Å². The molecule has 0 atom stereocenters. The normalized spacial score (nSPS) is 11.4. The number of hydrogen-bond acceptors (Lipinski definition) is 5. The first-order valence-electron chi connectivity index (χ1n) is 5.82. The molecule has 0 unspecified atom stereocenters. The Hall–Kier alpha value is -2.51. The molecular weight excluding hydrogens is 291 g/mol. The smallest absolute Gasteiger partial charge is 0.507 e. The molecule has 1 aromatic heterocycles. The van der Waals surface area contributed by atoms with Crippen molar-refractivity contribution in [3.8, 4) is 11.5 Å². The highest BCUT2D eigenvalue weighted by Gasteiger charge is 2.31. The molecule has 0 fully saturated rings. The molecule has 8 heteroatoms. The minimum atomic E-state index is -4.79. The molecule has 0 radical (unpaired) electrons. The van der Waals surface area contributed by atoms with Crippen molar-refractivity contribution in [2.75, 3.05) is 6.61 Å². The maximum Gasteiger partial charge on any atom is 0.573 e. The number of fused-ring (bicyclic) bond motifs is 1. The van der Waals surface area contributed by atoms with Gasteiger partial charge in [0, 0.05) is 29.6 Å². The summed E-state index contributed by atoms with van der Waals surface area (Å²) < 4.78 is 44.7. The van der Waals surface area contributed by atoms with Crippen molar-refractivity contribution >= 4 is 17.4 Å². The number of ether oxygens (including phenoxy) is 2. The van der Waals surface area contributed by atoms with Gasteiger partial charge < -0.3 is 14.6 Å². The van der Waals surface area contributed by atoms with Gasteiger partial charge in [0.05, 0.1) is 12.1 Å². The third-order valence-electron chi connectivity index (χ3n) is 2.68. The minimum Gasteiger partial charge on any atom is -0.507 e. The van der Waals surface area contributed by atoms with E-state index in [-0.39, 0.29) is 36.2 Å². The van der Waals surface area contributed by atoms with Crippen molar-refractivity contribution < 1.29 is 32.5 Å². The van der Waals surface area contributed by atoms with Crippen LogP contribution in [0.5, 0.6) is 11.5 Å². The first kappa shape index (κ1) is 14.9. The maximum absolute atomic E-state index is 12.1. The Morgan fingerprint density at radius 1 is 1.33 bits per heavy atom. The second kappa shape index (κ2) is 5.86. The summed E-state index contributed by atoms with van der Waals surface area (Å²) in [5, 5.41) is 10.3. The molecule has 0 saturated heterocycles. The van der Waals surface area contributed by atoms with Crippen LogP contribution in [0.4, 0.5) is 13.2 Å². The van der Waals surface area contributed by atoms with Crippen molar-refractivity contribution in [3.05, 3.63) is 30.0 Å². The molecule has 0 saturated carbocycles. The molecule has 0 aliphatic carbocycles. The molecule has 0 aliphatic heterocycles. The highest BCUT2D eigenvalue weighted by atomic mass is 19.4. The van der Waals surface area contributed by atoms with Gasteiger partial charge in [-0.1, -0.05) is 0 Å². The van der Waals surface area contributed by atoms with Crippen molar-refractivity contribution in [2.24, 2.45) is 0 Å². The maximum atomic E-state index is 12.1. The molecule has 1 aromatic carbocycles. The predicted octanol–water partition coefficient (Wildman–Crippen LogP) is 2.55. The second-order valence-corrected chi connectivity index (χ2v) is 4.08. The summed E-state index contributed by atoms with van der Waals surface area (Å²) in [6.45, 7) is 0.353. The van der Waals surface area contributed by atoms with Crippen LogP contribution in [0, 0.1) is 0 Å². The van der Waals surface area contributed by atoms with Crippen LogP contribution in [-0.4, -0.2) is 29.5 Å². The summed E-state index contributed by atoms with van der Waals surface area (Å²) in [7, 11) is 0. The van der Waals surface area contributed by atoms with E-state index in [9.17, 15) is 23.1 Å². The molecule has 21 heavy (non-hydrogen) atoms. The van der Waals surface area contributed by atoms with Gasteiger partial charge in [0.15, 0.2) is 0 Å². The second-order valence-electron chi connectivity index (χ2n) is 4.08. The predicted molar refractivity (Wildman–Crippen MR) is 65.8 cm³/mol. The number of benzene rings is 1. The molecule has 1 N–H and O–H groups in total. The minimum absolute atomic E-state index is 0.0690. The largest absolute Gasteiger partial charge is 0.573 e. The number of aromatic nitrogens is 1. The summed E-state index contributed by atoms with van der Waals surface area (Å²) in [6, 6.07) is 3.44. The Morgan fingerprint density at radius 2 is 2.10 bits per heavy atom. The number of pyridine rings is 1. The molecule has 0 bridgehead atoms. The average molecular weight is 301 g/mol. The van der Waals surface area contributed by atoms with Gasteiger partial charge >= 0.3 is 6.36 Å². The highest BCUT2D eigenvalue weighted by Crippen LogP contribution is 2.31. The van der Waals surface area contributed by atoms with Gasteiger partial charge in [-0.25, -0.2) is 0 Å². The molecule has 1 heterocycles. The Balaban J connectivity index is 2.30. The number of halogens is 3. The number of carbonyl (C=O) groups is 1. The van der Waals surface area contributed by atoms with Crippen molar-refractivity contribution in [1.29, 1.82) is 0 Å². The first-order valence-corrected chi connectivity index (χ1v) is 5.82. The molecule has 112 valence electrons. The fourth-order valence-electron chi connectivity index (χ4n) is 1.80. The Kier molecular flexibility index (Phi) is 4.15. The number of hydrogen-bond donors (Lipinski definition) is 1. The summed E-state index contributed by atoms with van der Waals surface area (Å²) in [5.74, 6) is -0.535. The van der Waals surface area contributed by atoms with E-state index in [0.29, 0.717) is 5.56 Å². The zero-order valence-corrected chi connectivity index (χ0v) is 10.6. The standard InChI is InChI=1S/C13H10F3NO4/c14-13(15,16)21-9-1-2-10-11(5-9)17-6-8(12(10)19)3-4-20-7-18/h1-2,5-7H,3-4H2,(H,17,19). The Labute approximate surface area is 116 Å². The molecule has 2 rings (SSSR count). The van der Waals surface area contributed by atoms with E-state index in [2.05, 4.69) is 14.5 Å². The van der Waals surface area contributed by atoms with E-state index in [0.717, 1.165) is 12.1 Å². The lowest BCUT2D eigenvalue weighted by atomic mass is 10.1. The Bertz CT molecular complexity index is 658. The van der Waals surface area contributed by atoms with E-state index in [1.165, 1.54) is 12.3 Å². The van der Waals surface area contributed by atoms with Gasteiger partial charge in [0.2, 0.25) is 0 Å². The van der Waals surface area contributed by atoms with Crippen molar-refractivity contribution in [3.63, 3.8) is 0 Å². The van der Waals surface area contributed by atoms with E-state index < -0.39 is 12.1 Å². The number of aromatic hydroxyl groups is 1. The highest BCUT2D eigenvalue weighted by molar-refractivity contribution is 5.86. The van der Waals surface area contributed by atoms with E-state index in [1.54, 1.807) is 0 Å². The molecule has 5 nitrogen and oxygen atoms in total. The zero-order chi connectivity index (χ0) is 15.5. The summed E-state index contributed by atoms with van der Waals surface area (Å²) in [5.41, 5.74) is 0.586. The molecular formula is C13H10F3NO4. The SMILES string of the molecule is O=COCCc1cnc2cc(OC(F)(F)F)ccc2c1O. The van der Waals surface area contributed by atoms with Gasteiger partial charge in [-0.3, -0.25) is 9.78 Å². The van der Waals surface area contributed by atoms with Crippen LogP contribution in [0.3, 0.4) is 0 Å². The lowest BCUT2D eigenvalue weighted by Crippen LogP contribution is -2.17. The van der Waals surface area contributed by atoms with E-state index >= 15 is 0 Å². The zero-order valence-electron chi connectivity index (χ0n) is 10.6. The molecule has 0 amide bonds. The topological polar surface area (TPSA) is 68.7 Å². The number of rotatable bonds is 5. The van der Waals surface area contributed by atoms with Gasteiger partial charge in [-0.2, -0.15) is 0 Å². The fourth-order valence-corrected chi connectivity index (χ4v) is 1.80.